The molecule has 0 spiro atoms. The summed E-state index contributed by atoms with van der Waals surface area (Å²) in [6.45, 7) is 0. The van der Waals surface area contributed by atoms with Crippen LogP contribution >= 0.6 is 11.8 Å². The van der Waals surface area contributed by atoms with Crippen molar-refractivity contribution in [2.24, 2.45) is 0 Å². The first-order valence-corrected chi connectivity index (χ1v) is 5.92. The fourth-order valence-corrected chi connectivity index (χ4v) is 2.24. The molecule has 0 unspecified atom stereocenters. The van der Waals surface area contributed by atoms with Crippen LogP contribution in [0.1, 0.15) is 0 Å². The monoisotopic (exact) mass is 262 g/mol. The van der Waals surface area contributed by atoms with Crippen LogP contribution in [0.3, 0.4) is 0 Å². The van der Waals surface area contributed by atoms with Crippen LogP contribution in [-0.4, -0.2) is 19.8 Å². The quantitative estimate of drug-likeness (QED) is 0.763. The summed E-state index contributed by atoms with van der Waals surface area (Å²) in [6, 6.07) is 9.52. The van der Waals surface area contributed by atoms with E-state index in [1.54, 1.807) is 24.3 Å². The molecular formula is C11H7FN4OS. The van der Waals surface area contributed by atoms with E-state index >= 15 is 0 Å². The van der Waals surface area contributed by atoms with Gasteiger partial charge < -0.3 is 0 Å². The maximum atomic E-state index is 12.8. The minimum atomic E-state index is -0.383. The predicted octanol–water partition coefficient (Wildman–Crippen LogP) is 1.71. The van der Waals surface area contributed by atoms with Gasteiger partial charge >= 0.3 is 5.69 Å². The van der Waals surface area contributed by atoms with Crippen LogP contribution in [0.5, 0.6) is 0 Å². The largest absolute Gasteiger partial charge is 0.364 e. The summed E-state index contributed by atoms with van der Waals surface area (Å²) in [7, 11) is 0. The molecule has 0 fully saturated rings. The number of fused-ring (bicyclic) bond motifs is 1. The summed E-state index contributed by atoms with van der Waals surface area (Å²) in [5.74, 6) is -0.284. The lowest BCUT2D eigenvalue weighted by molar-refractivity contribution is 0.626. The topological polar surface area (TPSA) is 63.0 Å². The highest BCUT2D eigenvalue weighted by atomic mass is 32.2. The van der Waals surface area contributed by atoms with Gasteiger partial charge in [0.2, 0.25) is 0 Å². The van der Waals surface area contributed by atoms with Crippen LogP contribution in [0, 0.1) is 5.82 Å². The van der Waals surface area contributed by atoms with Gasteiger partial charge in [-0.1, -0.05) is 11.8 Å². The molecule has 1 aromatic carbocycles. The number of benzene rings is 1. The van der Waals surface area contributed by atoms with Gasteiger partial charge in [0.05, 0.1) is 0 Å². The minimum absolute atomic E-state index is 0.284. The first-order chi connectivity index (χ1) is 8.72. The molecule has 7 heteroatoms. The number of hydrogen-bond acceptors (Lipinski definition) is 4. The Kier molecular flexibility index (Phi) is 2.60. The van der Waals surface area contributed by atoms with Gasteiger partial charge in [-0.15, -0.1) is 0 Å². The standard InChI is InChI=1S/C11H7FN4OS/c12-7-1-3-8(4-2-7)18-10-6-5-9-13-14-11(17)16(9)15-10/h1-6H,(H,14,17). The van der Waals surface area contributed by atoms with Crippen LogP contribution in [0.2, 0.25) is 0 Å². The number of rotatable bonds is 2. The fourth-order valence-electron chi connectivity index (χ4n) is 1.46. The minimum Gasteiger partial charge on any atom is -0.244 e. The van der Waals surface area contributed by atoms with E-state index in [1.807, 2.05) is 0 Å². The second-order valence-electron chi connectivity index (χ2n) is 3.53. The highest BCUT2D eigenvalue weighted by molar-refractivity contribution is 7.99. The lowest BCUT2D eigenvalue weighted by Gasteiger charge is -2.00. The smallest absolute Gasteiger partial charge is 0.244 e. The Hall–Kier alpha value is -2.15. The normalized spacial score (nSPS) is 10.9. The molecule has 0 saturated carbocycles. The molecule has 0 radical (unpaired) electrons. The SMILES string of the molecule is O=c1[nH]nc2ccc(Sc3ccc(F)cc3)nn12. The summed E-state index contributed by atoms with van der Waals surface area (Å²) in [5, 5.41) is 10.9. The average molecular weight is 262 g/mol. The maximum Gasteiger partial charge on any atom is 0.364 e. The summed E-state index contributed by atoms with van der Waals surface area (Å²) in [5.41, 5.74) is 0.0787. The number of hydrogen-bond donors (Lipinski definition) is 1. The zero-order valence-electron chi connectivity index (χ0n) is 9.00. The maximum absolute atomic E-state index is 12.8. The Morgan fingerprint density at radius 3 is 2.72 bits per heavy atom. The Labute approximate surface area is 105 Å². The zero-order valence-corrected chi connectivity index (χ0v) is 9.82. The van der Waals surface area contributed by atoms with Crippen molar-refractivity contribution in [1.29, 1.82) is 0 Å². The molecule has 5 nitrogen and oxygen atoms in total. The second-order valence-corrected chi connectivity index (χ2v) is 4.62. The second kappa shape index (κ2) is 4.26. The molecule has 2 aromatic heterocycles. The highest BCUT2D eigenvalue weighted by Crippen LogP contribution is 2.25. The van der Waals surface area contributed by atoms with E-state index in [4.69, 9.17) is 0 Å². The summed E-state index contributed by atoms with van der Waals surface area (Å²) in [4.78, 5) is 12.2. The van der Waals surface area contributed by atoms with Crippen LogP contribution in [0.4, 0.5) is 4.39 Å². The molecule has 0 aliphatic rings. The molecule has 2 heterocycles. The Balaban J connectivity index is 1.97. The summed E-state index contributed by atoms with van der Waals surface area (Å²) in [6.07, 6.45) is 0. The van der Waals surface area contributed by atoms with E-state index in [0.717, 1.165) is 4.90 Å². The summed E-state index contributed by atoms with van der Waals surface area (Å²) < 4.78 is 13.9. The van der Waals surface area contributed by atoms with Gasteiger partial charge in [0, 0.05) is 4.90 Å². The van der Waals surface area contributed by atoms with Gasteiger partial charge in [0.15, 0.2) is 5.65 Å². The van der Waals surface area contributed by atoms with E-state index < -0.39 is 0 Å². The number of aromatic amines is 1. The Morgan fingerprint density at radius 2 is 1.94 bits per heavy atom. The van der Waals surface area contributed by atoms with Gasteiger partial charge in [0.25, 0.3) is 0 Å². The van der Waals surface area contributed by atoms with E-state index in [9.17, 15) is 9.18 Å². The number of nitrogens with one attached hydrogen (secondary N) is 1. The first kappa shape index (κ1) is 11.0. The molecular weight excluding hydrogens is 255 g/mol. The molecule has 1 N–H and O–H groups in total. The van der Waals surface area contributed by atoms with E-state index in [1.165, 1.54) is 28.4 Å². The van der Waals surface area contributed by atoms with Gasteiger partial charge in [-0.05, 0) is 36.4 Å². The average Bonchev–Trinajstić information content (AvgIpc) is 2.74. The lowest BCUT2D eigenvalue weighted by Crippen LogP contribution is -2.12. The third-order valence-corrected chi connectivity index (χ3v) is 3.22. The molecule has 0 aliphatic carbocycles. The van der Waals surface area contributed by atoms with E-state index in [2.05, 4.69) is 15.3 Å². The number of nitrogens with zero attached hydrogens (tertiary/aromatic N) is 3. The highest BCUT2D eigenvalue weighted by Gasteiger charge is 2.04. The Bertz CT molecular complexity index is 750. The van der Waals surface area contributed by atoms with Crippen molar-refractivity contribution in [2.45, 2.75) is 9.92 Å². The van der Waals surface area contributed by atoms with Crippen molar-refractivity contribution in [3.8, 4) is 0 Å². The van der Waals surface area contributed by atoms with Gasteiger partial charge in [-0.2, -0.15) is 14.7 Å². The Morgan fingerprint density at radius 1 is 1.17 bits per heavy atom. The molecule has 90 valence electrons. The van der Waals surface area contributed by atoms with E-state index in [0.29, 0.717) is 10.7 Å². The number of aromatic nitrogens is 4. The summed E-state index contributed by atoms with van der Waals surface area (Å²) >= 11 is 1.34. The molecule has 0 atom stereocenters. The molecule has 0 bridgehead atoms. The van der Waals surface area contributed by atoms with Crippen molar-refractivity contribution in [3.05, 3.63) is 52.7 Å². The number of H-pyrrole nitrogens is 1. The molecule has 3 rings (SSSR count). The van der Waals surface area contributed by atoms with Crippen LogP contribution in [0.15, 0.2) is 51.1 Å². The van der Waals surface area contributed by atoms with Crippen LogP contribution < -0.4 is 5.69 Å². The lowest BCUT2D eigenvalue weighted by atomic mass is 10.4. The van der Waals surface area contributed by atoms with Crippen LogP contribution in [-0.2, 0) is 0 Å². The zero-order chi connectivity index (χ0) is 12.5. The van der Waals surface area contributed by atoms with Gasteiger partial charge in [0.1, 0.15) is 10.8 Å². The van der Waals surface area contributed by atoms with Crippen molar-refractivity contribution in [1.82, 2.24) is 19.8 Å². The van der Waals surface area contributed by atoms with Gasteiger partial charge in [-0.25, -0.2) is 14.3 Å². The molecule has 0 saturated heterocycles. The molecule has 3 aromatic rings. The van der Waals surface area contributed by atoms with Crippen molar-refractivity contribution >= 4 is 17.4 Å². The van der Waals surface area contributed by atoms with E-state index in [-0.39, 0.29) is 11.5 Å². The first-order valence-electron chi connectivity index (χ1n) is 5.10. The molecule has 0 aliphatic heterocycles. The van der Waals surface area contributed by atoms with Crippen molar-refractivity contribution < 1.29 is 4.39 Å². The fraction of sp³-hybridized carbons (Fsp3) is 0. The predicted molar refractivity (Wildman–Crippen MR) is 64.1 cm³/mol. The molecule has 18 heavy (non-hydrogen) atoms. The van der Waals surface area contributed by atoms with Crippen molar-refractivity contribution in [3.63, 3.8) is 0 Å². The third kappa shape index (κ3) is 2.00. The van der Waals surface area contributed by atoms with Crippen molar-refractivity contribution in [2.75, 3.05) is 0 Å². The van der Waals surface area contributed by atoms with Crippen LogP contribution in [0.25, 0.3) is 5.65 Å². The molecule has 0 amide bonds. The third-order valence-electron chi connectivity index (χ3n) is 2.29. The van der Waals surface area contributed by atoms with Gasteiger partial charge in [-0.3, -0.25) is 0 Å². The number of halogens is 1.